The zero-order valence-corrected chi connectivity index (χ0v) is 8.89. The Morgan fingerprint density at radius 2 is 2.19 bits per heavy atom. The number of rotatable bonds is 2. The van der Waals surface area contributed by atoms with Gasteiger partial charge in [0.25, 0.3) is 0 Å². The van der Waals surface area contributed by atoms with Crippen molar-refractivity contribution in [3.05, 3.63) is 29.7 Å². The maximum absolute atomic E-state index is 11.4. The minimum Gasteiger partial charge on any atom is -0.464 e. The van der Waals surface area contributed by atoms with Gasteiger partial charge in [0, 0.05) is 17.5 Å². The van der Waals surface area contributed by atoms with E-state index in [1.54, 1.807) is 6.20 Å². The van der Waals surface area contributed by atoms with Gasteiger partial charge in [-0.2, -0.15) is 10.3 Å². The first-order valence-corrected chi connectivity index (χ1v) is 4.64. The van der Waals surface area contributed by atoms with Gasteiger partial charge in [0.2, 0.25) is 0 Å². The van der Waals surface area contributed by atoms with Gasteiger partial charge in [-0.25, -0.2) is 4.79 Å². The van der Waals surface area contributed by atoms with E-state index in [4.69, 9.17) is 0 Å². The summed E-state index contributed by atoms with van der Waals surface area (Å²) in [5, 5.41) is 10.1. The van der Waals surface area contributed by atoms with E-state index < -0.39 is 5.97 Å². The Morgan fingerprint density at radius 3 is 2.81 bits per heavy atom. The fourth-order valence-electron chi connectivity index (χ4n) is 1.28. The van der Waals surface area contributed by atoms with Crippen LogP contribution in [0.5, 0.6) is 0 Å². The highest BCUT2D eigenvalue weighted by Crippen LogP contribution is 2.19. The van der Waals surface area contributed by atoms with Crippen LogP contribution in [0.15, 0.2) is 18.3 Å². The van der Waals surface area contributed by atoms with Crippen molar-refractivity contribution in [1.82, 2.24) is 20.4 Å². The van der Waals surface area contributed by atoms with Crippen LogP contribution in [0.4, 0.5) is 0 Å². The molecule has 6 heteroatoms. The molecular weight excluding hydrogens is 208 g/mol. The van der Waals surface area contributed by atoms with Crippen LogP contribution < -0.4 is 0 Å². The summed E-state index contributed by atoms with van der Waals surface area (Å²) in [6.45, 7) is 1.88. The van der Waals surface area contributed by atoms with E-state index in [-0.39, 0.29) is 5.69 Å². The molecule has 0 aliphatic heterocycles. The molecule has 82 valence electrons. The fraction of sp³-hybridized carbons (Fsp3) is 0.200. The van der Waals surface area contributed by atoms with Gasteiger partial charge in [-0.15, -0.1) is 5.10 Å². The predicted molar refractivity (Wildman–Crippen MR) is 55.7 cm³/mol. The number of nitrogens with zero attached hydrogens (tertiary/aromatic N) is 3. The van der Waals surface area contributed by atoms with E-state index in [1.165, 1.54) is 7.11 Å². The molecule has 0 fully saturated rings. The van der Waals surface area contributed by atoms with Gasteiger partial charge in [-0.05, 0) is 19.1 Å². The summed E-state index contributed by atoms with van der Waals surface area (Å²) < 4.78 is 4.60. The number of aromatic nitrogens is 4. The second kappa shape index (κ2) is 4.09. The summed E-state index contributed by atoms with van der Waals surface area (Å²) in [5.74, 6) is -0.524. The average molecular weight is 218 g/mol. The van der Waals surface area contributed by atoms with E-state index in [1.807, 2.05) is 19.1 Å². The molecule has 0 aliphatic rings. The van der Waals surface area contributed by atoms with Crippen LogP contribution in [0.25, 0.3) is 11.3 Å². The van der Waals surface area contributed by atoms with Crippen molar-refractivity contribution >= 4 is 5.97 Å². The van der Waals surface area contributed by atoms with Crippen LogP contribution in [0.2, 0.25) is 0 Å². The van der Waals surface area contributed by atoms with Gasteiger partial charge >= 0.3 is 5.97 Å². The van der Waals surface area contributed by atoms with Crippen LogP contribution in [0.1, 0.15) is 16.2 Å². The van der Waals surface area contributed by atoms with Crippen LogP contribution >= 0.6 is 0 Å². The molecule has 0 amide bonds. The lowest BCUT2D eigenvalue weighted by Crippen LogP contribution is -2.03. The van der Waals surface area contributed by atoms with E-state index in [9.17, 15) is 4.79 Å². The predicted octanol–water partition coefficient (Wildman–Crippen LogP) is 0.962. The summed E-state index contributed by atoms with van der Waals surface area (Å²) in [6, 6.07) is 3.66. The number of esters is 1. The Morgan fingerprint density at radius 1 is 1.38 bits per heavy atom. The number of hydrogen-bond acceptors (Lipinski definition) is 5. The Kier molecular flexibility index (Phi) is 2.63. The number of carbonyl (C=O) groups excluding carboxylic acids is 1. The van der Waals surface area contributed by atoms with Gasteiger partial charge in [0.15, 0.2) is 5.69 Å². The zero-order chi connectivity index (χ0) is 11.5. The third-order valence-electron chi connectivity index (χ3n) is 2.11. The highest BCUT2D eigenvalue weighted by atomic mass is 16.5. The Balaban J connectivity index is 2.44. The number of methoxy groups -OCH3 is 1. The van der Waals surface area contributed by atoms with Crippen LogP contribution in [-0.4, -0.2) is 33.5 Å². The normalized spacial score (nSPS) is 10.1. The molecule has 0 aliphatic carbocycles. The molecule has 0 bridgehead atoms. The molecule has 16 heavy (non-hydrogen) atoms. The quantitative estimate of drug-likeness (QED) is 0.759. The van der Waals surface area contributed by atoms with Crippen molar-refractivity contribution in [3.63, 3.8) is 0 Å². The molecule has 2 heterocycles. The van der Waals surface area contributed by atoms with Gasteiger partial charge in [-0.1, -0.05) is 0 Å². The molecule has 6 nitrogen and oxygen atoms in total. The summed E-state index contributed by atoms with van der Waals surface area (Å²) in [7, 11) is 1.30. The molecular formula is C10H10N4O2. The van der Waals surface area contributed by atoms with Crippen LogP contribution in [0, 0.1) is 6.92 Å². The highest BCUT2D eigenvalue weighted by Gasteiger charge is 2.18. The number of pyridine rings is 1. The van der Waals surface area contributed by atoms with E-state index >= 15 is 0 Å². The molecule has 0 saturated heterocycles. The van der Waals surface area contributed by atoms with Crippen molar-refractivity contribution in [3.8, 4) is 11.3 Å². The molecule has 0 atom stereocenters. The Bertz CT molecular complexity index is 504. The maximum Gasteiger partial charge on any atom is 0.360 e. The molecule has 2 rings (SSSR count). The Labute approximate surface area is 91.7 Å². The smallest absolute Gasteiger partial charge is 0.360 e. The van der Waals surface area contributed by atoms with E-state index in [0.717, 1.165) is 11.3 Å². The molecule has 2 aromatic rings. The van der Waals surface area contributed by atoms with Gasteiger partial charge < -0.3 is 4.74 Å². The van der Waals surface area contributed by atoms with E-state index in [0.29, 0.717) is 5.69 Å². The van der Waals surface area contributed by atoms with Crippen LogP contribution in [0.3, 0.4) is 0 Å². The lowest BCUT2D eigenvalue weighted by Gasteiger charge is -1.99. The second-order valence-corrected chi connectivity index (χ2v) is 3.20. The minimum atomic E-state index is -0.524. The number of nitrogens with one attached hydrogen (secondary N) is 1. The van der Waals surface area contributed by atoms with Gasteiger partial charge in [0.05, 0.1) is 7.11 Å². The molecule has 0 unspecified atom stereocenters. The SMILES string of the molecule is COC(=O)c1n[nH]nc1-c1ccc(C)nc1. The first kappa shape index (κ1) is 10.3. The van der Waals surface area contributed by atoms with Crippen LogP contribution in [-0.2, 0) is 4.74 Å². The maximum atomic E-state index is 11.4. The van der Waals surface area contributed by atoms with E-state index in [2.05, 4.69) is 25.1 Å². The van der Waals surface area contributed by atoms with Crippen molar-refractivity contribution in [2.24, 2.45) is 0 Å². The minimum absolute atomic E-state index is 0.160. The molecule has 0 spiro atoms. The van der Waals surface area contributed by atoms with Gasteiger partial charge in [-0.3, -0.25) is 4.98 Å². The lowest BCUT2D eigenvalue weighted by atomic mass is 10.1. The highest BCUT2D eigenvalue weighted by molar-refractivity contribution is 5.93. The molecule has 0 radical (unpaired) electrons. The van der Waals surface area contributed by atoms with Crippen molar-refractivity contribution in [2.75, 3.05) is 7.11 Å². The largest absolute Gasteiger partial charge is 0.464 e. The summed E-state index contributed by atoms with van der Waals surface area (Å²) in [6.07, 6.45) is 1.64. The van der Waals surface area contributed by atoms with Crippen molar-refractivity contribution in [2.45, 2.75) is 6.92 Å². The molecule has 2 aromatic heterocycles. The van der Waals surface area contributed by atoms with Crippen molar-refractivity contribution < 1.29 is 9.53 Å². The summed E-state index contributed by atoms with van der Waals surface area (Å²) >= 11 is 0. The molecule has 0 saturated carbocycles. The number of ether oxygens (including phenoxy) is 1. The molecule has 0 aromatic carbocycles. The standard InChI is InChI=1S/C10H10N4O2/c1-6-3-4-7(5-11-6)8-9(10(15)16-2)13-14-12-8/h3-5H,1-2H3,(H,12,13,14). The first-order chi connectivity index (χ1) is 7.72. The monoisotopic (exact) mass is 218 g/mol. The number of aromatic amines is 1. The summed E-state index contributed by atoms with van der Waals surface area (Å²) in [5.41, 5.74) is 2.22. The third kappa shape index (κ3) is 1.77. The number of carbonyl (C=O) groups is 1. The lowest BCUT2D eigenvalue weighted by molar-refractivity contribution is 0.0595. The average Bonchev–Trinajstić information content (AvgIpc) is 2.78. The zero-order valence-electron chi connectivity index (χ0n) is 8.89. The number of hydrogen-bond donors (Lipinski definition) is 1. The summed E-state index contributed by atoms with van der Waals surface area (Å²) in [4.78, 5) is 15.5. The molecule has 1 N–H and O–H groups in total. The topological polar surface area (TPSA) is 80.8 Å². The third-order valence-corrected chi connectivity index (χ3v) is 2.11. The van der Waals surface area contributed by atoms with Crippen molar-refractivity contribution in [1.29, 1.82) is 0 Å². The fourth-order valence-corrected chi connectivity index (χ4v) is 1.28. The second-order valence-electron chi connectivity index (χ2n) is 3.20. The number of H-pyrrole nitrogens is 1. The van der Waals surface area contributed by atoms with Gasteiger partial charge in [0.1, 0.15) is 5.69 Å². The first-order valence-electron chi connectivity index (χ1n) is 4.64. The number of aryl methyl sites for hydroxylation is 1. The Hall–Kier alpha value is -2.24.